The van der Waals surface area contributed by atoms with Gasteiger partial charge in [0.25, 0.3) is 5.69 Å². The minimum atomic E-state index is -0.459. The summed E-state index contributed by atoms with van der Waals surface area (Å²) in [5.41, 5.74) is 16.0. The number of nitrogens with two attached hydrogens (primary N) is 2. The van der Waals surface area contributed by atoms with E-state index < -0.39 is 4.92 Å². The van der Waals surface area contributed by atoms with Crippen molar-refractivity contribution in [1.29, 1.82) is 0 Å². The molecule has 0 spiro atoms. The minimum Gasteiger partial charge on any atom is -0.505 e. The molecule has 146 valence electrons. The van der Waals surface area contributed by atoms with Crippen LogP contribution in [0.5, 0.6) is 5.75 Å². The lowest BCUT2D eigenvalue weighted by atomic mass is 9.90. The van der Waals surface area contributed by atoms with E-state index in [2.05, 4.69) is 4.90 Å². The first kappa shape index (κ1) is 20.4. The van der Waals surface area contributed by atoms with Crippen molar-refractivity contribution >= 4 is 22.7 Å². The standard InChI is InChI=1S/C12H16N2O.C6H6N2O2.C2H6/c13-10-7-8-3-1-5-14-6-2-4-9(11(8)14)12(10)15;7-5-1-3-6(4-2-5)8(9)10;1-2/h7,15H,1-6,13H2;1-4H,7H2;1-2H3. The summed E-state index contributed by atoms with van der Waals surface area (Å²) in [5, 5.41) is 20.0. The smallest absolute Gasteiger partial charge is 0.269 e. The van der Waals surface area contributed by atoms with Crippen LogP contribution in [0, 0.1) is 10.1 Å². The molecule has 2 aliphatic rings. The predicted octanol–water partition coefficient (Wildman–Crippen LogP) is 3.88. The molecule has 7 heteroatoms. The zero-order valence-corrected chi connectivity index (χ0v) is 15.9. The molecule has 0 aliphatic carbocycles. The van der Waals surface area contributed by atoms with Crippen molar-refractivity contribution < 1.29 is 10.0 Å². The quantitative estimate of drug-likeness (QED) is 0.302. The molecule has 0 saturated carbocycles. The Kier molecular flexibility index (Phi) is 6.87. The Balaban J connectivity index is 0.000000191. The summed E-state index contributed by atoms with van der Waals surface area (Å²) in [5.74, 6) is 0.320. The molecule has 0 radical (unpaired) electrons. The van der Waals surface area contributed by atoms with Crippen LogP contribution in [0.2, 0.25) is 0 Å². The second-order valence-corrected chi connectivity index (χ2v) is 6.34. The molecule has 0 saturated heterocycles. The molecule has 7 nitrogen and oxygen atoms in total. The van der Waals surface area contributed by atoms with E-state index in [4.69, 9.17) is 11.5 Å². The topological polar surface area (TPSA) is 119 Å². The van der Waals surface area contributed by atoms with Gasteiger partial charge in [0.15, 0.2) is 0 Å². The lowest BCUT2D eigenvalue weighted by Gasteiger charge is -2.37. The third kappa shape index (κ3) is 4.61. The van der Waals surface area contributed by atoms with Crippen molar-refractivity contribution in [3.8, 4) is 5.75 Å². The molecule has 4 rings (SSSR count). The molecule has 2 aromatic rings. The van der Waals surface area contributed by atoms with Gasteiger partial charge in [0.2, 0.25) is 0 Å². The number of aromatic hydroxyl groups is 1. The van der Waals surface area contributed by atoms with Gasteiger partial charge >= 0.3 is 0 Å². The lowest BCUT2D eigenvalue weighted by molar-refractivity contribution is -0.384. The molecule has 2 heterocycles. The van der Waals surface area contributed by atoms with Crippen molar-refractivity contribution in [2.24, 2.45) is 0 Å². The molecular weight excluding hydrogens is 344 g/mol. The van der Waals surface area contributed by atoms with Gasteiger partial charge in [-0.25, -0.2) is 0 Å². The molecular formula is C20H28N4O3. The average Bonchev–Trinajstić information content (AvgIpc) is 2.68. The Morgan fingerprint density at radius 2 is 1.67 bits per heavy atom. The number of nitrogen functional groups attached to an aromatic ring is 2. The van der Waals surface area contributed by atoms with Gasteiger partial charge in [-0.3, -0.25) is 10.1 Å². The fraction of sp³-hybridized carbons (Fsp3) is 0.400. The van der Waals surface area contributed by atoms with Crippen LogP contribution in [0.4, 0.5) is 22.7 Å². The summed E-state index contributed by atoms with van der Waals surface area (Å²) in [4.78, 5) is 12.0. The molecule has 5 N–H and O–H groups in total. The Hall–Kier alpha value is -2.96. The van der Waals surface area contributed by atoms with Gasteiger partial charge < -0.3 is 21.5 Å². The van der Waals surface area contributed by atoms with Crippen molar-refractivity contribution in [3.05, 3.63) is 51.6 Å². The van der Waals surface area contributed by atoms with Gasteiger partial charge in [0, 0.05) is 42.2 Å². The zero-order valence-electron chi connectivity index (χ0n) is 15.9. The summed E-state index contributed by atoms with van der Waals surface area (Å²) < 4.78 is 0. The molecule has 2 aromatic carbocycles. The Morgan fingerprint density at radius 3 is 2.26 bits per heavy atom. The third-order valence-electron chi connectivity index (χ3n) is 4.63. The van der Waals surface area contributed by atoms with Crippen molar-refractivity contribution in [2.45, 2.75) is 39.5 Å². The van der Waals surface area contributed by atoms with Crippen LogP contribution >= 0.6 is 0 Å². The summed E-state index contributed by atoms with van der Waals surface area (Å²) in [7, 11) is 0. The first-order valence-electron chi connectivity index (χ1n) is 9.35. The molecule has 0 amide bonds. The first-order valence-corrected chi connectivity index (χ1v) is 9.35. The van der Waals surface area contributed by atoms with Crippen molar-refractivity contribution in [1.82, 2.24) is 0 Å². The van der Waals surface area contributed by atoms with Crippen LogP contribution in [-0.2, 0) is 12.8 Å². The fourth-order valence-electron chi connectivity index (χ4n) is 3.46. The van der Waals surface area contributed by atoms with Crippen molar-refractivity contribution in [2.75, 3.05) is 29.5 Å². The molecule has 0 atom stereocenters. The van der Waals surface area contributed by atoms with Gasteiger partial charge in [-0.05, 0) is 49.4 Å². The first-order chi connectivity index (χ1) is 13.0. The van der Waals surface area contributed by atoms with Gasteiger partial charge in [-0.2, -0.15) is 0 Å². The second-order valence-electron chi connectivity index (χ2n) is 6.34. The Morgan fingerprint density at radius 1 is 1.07 bits per heavy atom. The summed E-state index contributed by atoms with van der Waals surface area (Å²) in [6.07, 6.45) is 4.40. The summed E-state index contributed by atoms with van der Waals surface area (Å²) in [6.45, 7) is 6.26. The summed E-state index contributed by atoms with van der Waals surface area (Å²) >= 11 is 0. The van der Waals surface area contributed by atoms with Crippen LogP contribution < -0.4 is 16.4 Å². The normalized spacial score (nSPS) is 14.1. The van der Waals surface area contributed by atoms with Crippen LogP contribution in [0.3, 0.4) is 0 Å². The molecule has 27 heavy (non-hydrogen) atoms. The number of hydrogen-bond acceptors (Lipinski definition) is 6. The number of nitro benzene ring substituents is 1. The molecule has 0 bridgehead atoms. The maximum atomic E-state index is 10.1. The highest BCUT2D eigenvalue weighted by molar-refractivity contribution is 5.74. The number of anilines is 3. The van der Waals surface area contributed by atoms with E-state index in [0.717, 1.165) is 37.9 Å². The van der Waals surface area contributed by atoms with E-state index in [-0.39, 0.29) is 5.69 Å². The highest BCUT2D eigenvalue weighted by Crippen LogP contribution is 2.42. The molecule has 0 fully saturated rings. The summed E-state index contributed by atoms with van der Waals surface area (Å²) in [6, 6.07) is 7.69. The maximum Gasteiger partial charge on any atom is 0.269 e. The SMILES string of the molecule is CC.Nc1cc2c3c(c1O)CCCN3CCC2.Nc1ccc([N+](=O)[O-])cc1. The van der Waals surface area contributed by atoms with E-state index in [1.54, 1.807) is 0 Å². The number of rotatable bonds is 1. The Bertz CT molecular complexity index is 789. The van der Waals surface area contributed by atoms with Crippen LogP contribution in [-0.4, -0.2) is 23.1 Å². The number of phenolic OH excluding ortho intramolecular Hbond substituents is 1. The number of benzene rings is 2. The highest BCUT2D eigenvalue weighted by atomic mass is 16.6. The average molecular weight is 372 g/mol. The maximum absolute atomic E-state index is 10.1. The number of phenols is 1. The molecule has 0 aromatic heterocycles. The van der Waals surface area contributed by atoms with Gasteiger partial charge in [0.05, 0.1) is 10.6 Å². The van der Waals surface area contributed by atoms with Crippen LogP contribution in [0.25, 0.3) is 0 Å². The van der Waals surface area contributed by atoms with Gasteiger partial charge in [-0.15, -0.1) is 0 Å². The van der Waals surface area contributed by atoms with Gasteiger partial charge in [-0.1, -0.05) is 13.8 Å². The number of nitro groups is 1. The fourth-order valence-corrected chi connectivity index (χ4v) is 3.46. The van der Waals surface area contributed by atoms with E-state index >= 15 is 0 Å². The Labute approximate surface area is 159 Å². The third-order valence-corrected chi connectivity index (χ3v) is 4.63. The van der Waals surface area contributed by atoms with Gasteiger partial charge in [0.1, 0.15) is 5.75 Å². The molecule has 2 aliphatic heterocycles. The van der Waals surface area contributed by atoms with E-state index in [0.29, 0.717) is 17.1 Å². The largest absolute Gasteiger partial charge is 0.505 e. The lowest BCUT2D eigenvalue weighted by Crippen LogP contribution is -2.34. The highest BCUT2D eigenvalue weighted by Gasteiger charge is 2.26. The predicted molar refractivity (Wildman–Crippen MR) is 110 cm³/mol. The minimum absolute atomic E-state index is 0.0641. The van der Waals surface area contributed by atoms with Crippen LogP contribution in [0.15, 0.2) is 30.3 Å². The monoisotopic (exact) mass is 372 g/mol. The van der Waals surface area contributed by atoms with E-state index in [9.17, 15) is 15.2 Å². The van der Waals surface area contributed by atoms with Crippen LogP contribution in [0.1, 0.15) is 37.8 Å². The van der Waals surface area contributed by atoms with E-state index in [1.165, 1.54) is 41.9 Å². The van der Waals surface area contributed by atoms with E-state index in [1.807, 2.05) is 19.9 Å². The second kappa shape index (κ2) is 9.12. The molecule has 0 unspecified atom stereocenters. The van der Waals surface area contributed by atoms with Crippen molar-refractivity contribution in [3.63, 3.8) is 0 Å². The number of non-ortho nitro benzene ring substituents is 1. The number of aryl methyl sites for hydroxylation is 1. The zero-order chi connectivity index (χ0) is 20.0. The number of hydrogen-bond donors (Lipinski definition) is 3. The number of nitrogens with zero attached hydrogens (tertiary/aromatic N) is 2.